The molecule has 7 heteroatoms. The molecule has 2 N–H and O–H groups in total. The maximum absolute atomic E-state index is 13.4. The van der Waals surface area contributed by atoms with Gasteiger partial charge >= 0.3 is 0 Å². The lowest BCUT2D eigenvalue weighted by molar-refractivity contribution is -0.129. The second-order valence-electron chi connectivity index (χ2n) is 11.3. The Labute approximate surface area is 279 Å². The highest BCUT2D eigenvalue weighted by Gasteiger charge is 2.29. The first-order chi connectivity index (χ1) is 22.2. The highest BCUT2D eigenvalue weighted by Crippen LogP contribution is 2.40. The van der Waals surface area contributed by atoms with Crippen LogP contribution in [0.15, 0.2) is 106 Å². The van der Waals surface area contributed by atoms with Gasteiger partial charge in [0.1, 0.15) is 16.8 Å². The van der Waals surface area contributed by atoms with Crippen LogP contribution in [-0.4, -0.2) is 20.0 Å². The van der Waals surface area contributed by atoms with Gasteiger partial charge < -0.3 is 4.90 Å². The molecular formula is C39H54FN3O2S. The number of allylic oxidation sites excluding steroid dienone is 9. The summed E-state index contributed by atoms with van der Waals surface area (Å²) in [5.41, 5.74) is 6.47. The number of carbonyl (C=O) groups excluding carboxylic acids is 1. The minimum Gasteiger partial charge on any atom is -0.307 e. The Balaban J connectivity index is 0.000000386. The average Bonchev–Trinajstić information content (AvgIpc) is 3.25. The molecule has 3 aliphatic rings. The maximum atomic E-state index is 13.4. The molecule has 1 heterocycles. The second kappa shape index (κ2) is 20.7. The summed E-state index contributed by atoms with van der Waals surface area (Å²) in [4.78, 5) is 20.6. The Bertz CT molecular complexity index is 1440. The number of amides is 1. The van der Waals surface area contributed by atoms with Crippen molar-refractivity contribution in [1.82, 2.24) is 9.88 Å². The molecule has 3 unspecified atom stereocenters. The zero-order valence-corrected chi connectivity index (χ0v) is 29.7. The number of aromatic nitrogens is 1. The number of benzene rings is 1. The number of fused-ring (bicyclic) bond motifs is 1. The molecule has 1 saturated carbocycles. The van der Waals surface area contributed by atoms with Gasteiger partial charge in [0.15, 0.2) is 0 Å². The van der Waals surface area contributed by atoms with Crippen LogP contribution in [0.5, 0.6) is 0 Å². The summed E-state index contributed by atoms with van der Waals surface area (Å²) >= 11 is 0. The summed E-state index contributed by atoms with van der Waals surface area (Å²) in [6.07, 6.45) is 15.7. The fraction of sp³-hybridized carbons (Fsp3) is 0.436. The number of nitrogens with zero attached hydrogens (tertiary/aromatic N) is 2. The average molecular weight is 648 g/mol. The fourth-order valence-corrected chi connectivity index (χ4v) is 6.36. The number of pyridine rings is 1. The lowest BCUT2D eigenvalue weighted by Gasteiger charge is -2.36. The highest BCUT2D eigenvalue weighted by atomic mass is 32.2. The zero-order valence-electron chi connectivity index (χ0n) is 28.9. The van der Waals surface area contributed by atoms with E-state index in [1.807, 2.05) is 75.9 Å². The molecule has 46 heavy (non-hydrogen) atoms. The third-order valence-electron chi connectivity index (χ3n) is 7.97. The Morgan fingerprint density at radius 2 is 1.72 bits per heavy atom. The number of nitrogens with two attached hydrogens (primary N) is 1. The molecule has 3 atom stereocenters. The number of rotatable bonds is 7. The predicted octanol–water partition coefficient (Wildman–Crippen LogP) is 9.75. The molecule has 0 saturated heterocycles. The number of hydrogen-bond donors (Lipinski definition) is 1. The van der Waals surface area contributed by atoms with E-state index in [9.17, 15) is 13.4 Å². The first kappa shape index (κ1) is 38.8. The number of halogens is 1. The predicted molar refractivity (Wildman–Crippen MR) is 192 cm³/mol. The van der Waals surface area contributed by atoms with Crippen molar-refractivity contribution in [2.24, 2.45) is 17.0 Å². The molecule has 5 nitrogen and oxygen atoms in total. The normalized spacial score (nSPS) is 19.1. The lowest BCUT2D eigenvalue weighted by atomic mass is 9.74. The van der Waals surface area contributed by atoms with Gasteiger partial charge in [0.25, 0.3) is 0 Å². The standard InChI is InChI=1S/C27H32N2O.C8H10FNOS.2C2H6/c1-20-17-25(18-23-12-6-7-14-26(20)23)29(19-24-13-8-9-21(2)28-24)27(30)16-15-22-10-4-3-5-11-22;1-6-4-7(9)2-3-8(5-6)12(10)11;2*1-2/h3-5,8-11,13,17-18,20,26H,6-7,12,14-16,19H2,1-2H3;2,4-5H,3,10H2,1H3;2*1-2H3. The fourth-order valence-electron chi connectivity index (χ4n) is 5.81. The van der Waals surface area contributed by atoms with Crippen LogP contribution in [0.3, 0.4) is 0 Å². The van der Waals surface area contributed by atoms with Crippen molar-refractivity contribution in [3.05, 3.63) is 123 Å². The molecule has 1 fully saturated rings. The van der Waals surface area contributed by atoms with Crippen LogP contribution < -0.4 is 5.14 Å². The maximum Gasteiger partial charge on any atom is 0.227 e. The quantitative estimate of drug-likeness (QED) is 0.325. The van der Waals surface area contributed by atoms with Crippen molar-refractivity contribution in [2.75, 3.05) is 0 Å². The van der Waals surface area contributed by atoms with E-state index < -0.39 is 11.0 Å². The number of carbonyl (C=O) groups is 1. The van der Waals surface area contributed by atoms with Crippen LogP contribution in [0, 0.1) is 18.8 Å². The topological polar surface area (TPSA) is 76.3 Å². The smallest absolute Gasteiger partial charge is 0.227 e. The Morgan fingerprint density at radius 3 is 2.39 bits per heavy atom. The molecule has 0 aliphatic heterocycles. The highest BCUT2D eigenvalue weighted by molar-refractivity contribution is 7.86. The molecule has 1 aromatic carbocycles. The van der Waals surface area contributed by atoms with Crippen LogP contribution in [0.4, 0.5) is 4.39 Å². The van der Waals surface area contributed by atoms with Gasteiger partial charge in [0.2, 0.25) is 5.91 Å². The Kier molecular flexibility index (Phi) is 17.4. The van der Waals surface area contributed by atoms with E-state index in [-0.39, 0.29) is 11.7 Å². The van der Waals surface area contributed by atoms with Gasteiger partial charge in [0, 0.05) is 29.1 Å². The van der Waals surface area contributed by atoms with Gasteiger partial charge in [-0.2, -0.15) is 0 Å². The Hall–Kier alpha value is -3.42. The minimum atomic E-state index is -1.49. The molecule has 0 spiro atoms. The largest absolute Gasteiger partial charge is 0.307 e. The first-order valence-electron chi connectivity index (χ1n) is 16.8. The molecule has 0 bridgehead atoms. The minimum absolute atomic E-state index is 0.173. The molecule has 3 aliphatic carbocycles. The number of aryl methyl sites for hydroxylation is 2. The summed E-state index contributed by atoms with van der Waals surface area (Å²) in [5.74, 6) is 1.01. The first-order valence-corrected chi connectivity index (χ1v) is 18.0. The van der Waals surface area contributed by atoms with Crippen molar-refractivity contribution >= 4 is 16.9 Å². The summed E-state index contributed by atoms with van der Waals surface area (Å²) in [5, 5.41) is 5.17. The van der Waals surface area contributed by atoms with Gasteiger partial charge in [-0.15, -0.1) is 0 Å². The van der Waals surface area contributed by atoms with E-state index in [0.717, 1.165) is 29.1 Å². The molecule has 2 aromatic rings. The lowest BCUT2D eigenvalue weighted by Crippen LogP contribution is -2.33. The molecule has 0 radical (unpaired) electrons. The third-order valence-corrected chi connectivity index (χ3v) is 8.77. The van der Waals surface area contributed by atoms with Gasteiger partial charge in [-0.25, -0.2) is 13.7 Å². The Morgan fingerprint density at radius 1 is 1.00 bits per heavy atom. The summed E-state index contributed by atoms with van der Waals surface area (Å²) < 4.78 is 23.6. The van der Waals surface area contributed by atoms with Crippen LogP contribution in [-0.2, 0) is 28.7 Å². The number of hydrogen-bond acceptors (Lipinski definition) is 3. The van der Waals surface area contributed by atoms with Gasteiger partial charge in [-0.05, 0) is 98.9 Å². The van der Waals surface area contributed by atoms with Crippen LogP contribution in [0.1, 0.15) is 97.0 Å². The van der Waals surface area contributed by atoms with E-state index in [4.69, 9.17) is 5.14 Å². The van der Waals surface area contributed by atoms with E-state index in [1.165, 1.54) is 49.0 Å². The van der Waals surface area contributed by atoms with E-state index in [1.54, 1.807) is 13.0 Å². The summed E-state index contributed by atoms with van der Waals surface area (Å²) in [7, 11) is -1.49. The van der Waals surface area contributed by atoms with Crippen molar-refractivity contribution in [1.29, 1.82) is 0 Å². The van der Waals surface area contributed by atoms with Crippen molar-refractivity contribution in [2.45, 2.75) is 100.0 Å². The van der Waals surface area contributed by atoms with Crippen LogP contribution in [0.2, 0.25) is 0 Å². The van der Waals surface area contributed by atoms with Crippen LogP contribution in [0.25, 0.3) is 0 Å². The monoisotopic (exact) mass is 647 g/mol. The summed E-state index contributed by atoms with van der Waals surface area (Å²) in [6.45, 7) is 14.6. The molecular weight excluding hydrogens is 594 g/mol. The molecule has 1 aromatic heterocycles. The third kappa shape index (κ3) is 12.4. The second-order valence-corrected chi connectivity index (χ2v) is 12.5. The van der Waals surface area contributed by atoms with E-state index >= 15 is 0 Å². The van der Waals surface area contributed by atoms with Crippen molar-refractivity contribution in [3.63, 3.8) is 0 Å². The summed E-state index contributed by atoms with van der Waals surface area (Å²) in [6, 6.07) is 16.3. The molecule has 1 amide bonds. The molecule has 250 valence electrons. The van der Waals surface area contributed by atoms with Crippen molar-refractivity contribution < 1.29 is 13.4 Å². The van der Waals surface area contributed by atoms with Gasteiger partial charge in [-0.3, -0.25) is 9.78 Å². The van der Waals surface area contributed by atoms with Gasteiger partial charge in [0.05, 0.1) is 12.2 Å². The molecule has 5 rings (SSSR count). The van der Waals surface area contributed by atoms with Gasteiger partial charge in [-0.1, -0.05) is 89.1 Å². The zero-order chi connectivity index (χ0) is 34.1. The van der Waals surface area contributed by atoms with E-state index in [0.29, 0.717) is 36.1 Å². The van der Waals surface area contributed by atoms with Crippen LogP contribution >= 0.6 is 0 Å². The SMILES string of the molecule is CC.CC.CC1=CC(F)=CCC(S(N)=O)=C1.Cc1cccc(CN(C(=O)CCc2ccccc2)C2=CC(C)C3CCCCC3=C2)n1. The van der Waals surface area contributed by atoms with Crippen molar-refractivity contribution in [3.8, 4) is 0 Å². The van der Waals surface area contributed by atoms with E-state index in [2.05, 4.69) is 36.2 Å².